The number of rotatable bonds is 4. The zero-order valence-corrected chi connectivity index (χ0v) is 7.32. The Labute approximate surface area is 71.0 Å². The van der Waals surface area contributed by atoms with Gasteiger partial charge in [0.1, 0.15) is 13.2 Å². The van der Waals surface area contributed by atoms with Crippen molar-refractivity contribution in [2.45, 2.75) is 26.7 Å². The molecule has 1 heterocycles. The average Bonchev–Trinajstić information content (AvgIpc) is 2.47. The Morgan fingerprint density at radius 3 is 2.58 bits per heavy atom. The molecule has 1 rings (SSSR count). The van der Waals surface area contributed by atoms with Crippen LogP contribution in [0.4, 0.5) is 0 Å². The van der Waals surface area contributed by atoms with E-state index in [-0.39, 0.29) is 6.61 Å². The third kappa shape index (κ3) is 1.62. The van der Waals surface area contributed by atoms with E-state index in [2.05, 4.69) is 10.2 Å². The maximum Gasteiger partial charge on any atom is 0.159 e. The Morgan fingerprint density at radius 2 is 2.08 bits per heavy atom. The van der Waals surface area contributed by atoms with E-state index in [9.17, 15) is 0 Å². The highest BCUT2D eigenvalue weighted by atomic mass is 16.5. The van der Waals surface area contributed by atoms with Gasteiger partial charge in [-0.05, 0) is 6.92 Å². The predicted molar refractivity (Wildman–Crippen MR) is 42.3 cm³/mol. The summed E-state index contributed by atoms with van der Waals surface area (Å²) in [5.74, 6) is 1.34. The second kappa shape index (κ2) is 4.18. The molecule has 0 aliphatic heterocycles. The van der Waals surface area contributed by atoms with Gasteiger partial charge >= 0.3 is 0 Å². The molecule has 0 aliphatic rings. The molecule has 0 radical (unpaired) electrons. The van der Waals surface area contributed by atoms with Crippen molar-refractivity contribution < 1.29 is 9.84 Å². The summed E-state index contributed by atoms with van der Waals surface area (Å²) in [7, 11) is 1.60. The molecule has 12 heavy (non-hydrogen) atoms. The quantitative estimate of drug-likeness (QED) is 0.689. The number of ether oxygens (including phenoxy) is 1. The van der Waals surface area contributed by atoms with Gasteiger partial charge in [0.05, 0.1) is 0 Å². The van der Waals surface area contributed by atoms with Crippen LogP contribution < -0.4 is 0 Å². The van der Waals surface area contributed by atoms with Crippen LogP contribution in [-0.2, 0) is 24.5 Å². The fraction of sp³-hybridized carbons (Fsp3) is 0.714. The van der Waals surface area contributed by atoms with E-state index in [1.165, 1.54) is 0 Å². The van der Waals surface area contributed by atoms with Crippen LogP contribution in [0.2, 0.25) is 0 Å². The average molecular weight is 171 g/mol. The first kappa shape index (κ1) is 9.15. The van der Waals surface area contributed by atoms with Crippen molar-refractivity contribution in [2.24, 2.45) is 0 Å². The molecule has 5 heteroatoms. The van der Waals surface area contributed by atoms with Crippen LogP contribution in [0, 0.1) is 0 Å². The largest absolute Gasteiger partial charge is 0.388 e. The Bertz CT molecular complexity index is 247. The van der Waals surface area contributed by atoms with Crippen LogP contribution in [-0.4, -0.2) is 27.0 Å². The molecule has 0 aliphatic carbocycles. The van der Waals surface area contributed by atoms with Crippen LogP contribution in [0.15, 0.2) is 0 Å². The molecule has 0 aromatic carbocycles. The lowest BCUT2D eigenvalue weighted by Gasteiger charge is -2.03. The molecule has 1 aromatic heterocycles. The SMILES string of the molecule is CCn1c(CO)nnc1COC. The number of hydrogen-bond donors (Lipinski definition) is 1. The van der Waals surface area contributed by atoms with Gasteiger partial charge < -0.3 is 14.4 Å². The van der Waals surface area contributed by atoms with Gasteiger partial charge in [-0.1, -0.05) is 0 Å². The molecule has 0 fully saturated rings. The molecule has 68 valence electrons. The fourth-order valence-electron chi connectivity index (χ4n) is 1.09. The van der Waals surface area contributed by atoms with Crippen molar-refractivity contribution in [2.75, 3.05) is 7.11 Å². The summed E-state index contributed by atoms with van der Waals surface area (Å²) in [6.45, 7) is 3.08. The highest BCUT2D eigenvalue weighted by Gasteiger charge is 2.08. The van der Waals surface area contributed by atoms with E-state index in [0.29, 0.717) is 12.4 Å². The summed E-state index contributed by atoms with van der Waals surface area (Å²) in [4.78, 5) is 0. The summed E-state index contributed by atoms with van der Waals surface area (Å²) < 4.78 is 6.76. The van der Waals surface area contributed by atoms with E-state index >= 15 is 0 Å². The van der Waals surface area contributed by atoms with Gasteiger partial charge in [-0.2, -0.15) is 0 Å². The normalized spacial score (nSPS) is 10.6. The molecule has 0 saturated carbocycles. The van der Waals surface area contributed by atoms with Gasteiger partial charge in [-0.15, -0.1) is 10.2 Å². The van der Waals surface area contributed by atoms with Crippen molar-refractivity contribution >= 4 is 0 Å². The number of aliphatic hydroxyl groups is 1. The number of aromatic nitrogens is 3. The smallest absolute Gasteiger partial charge is 0.159 e. The minimum absolute atomic E-state index is 0.0788. The first-order valence-corrected chi connectivity index (χ1v) is 3.84. The molecular weight excluding hydrogens is 158 g/mol. The van der Waals surface area contributed by atoms with Gasteiger partial charge in [-0.3, -0.25) is 0 Å². The third-order valence-corrected chi connectivity index (χ3v) is 1.64. The maximum atomic E-state index is 8.87. The van der Waals surface area contributed by atoms with Crippen LogP contribution >= 0.6 is 0 Å². The Balaban J connectivity index is 2.88. The lowest BCUT2D eigenvalue weighted by molar-refractivity contribution is 0.173. The van der Waals surface area contributed by atoms with E-state index in [1.807, 2.05) is 11.5 Å². The summed E-state index contributed by atoms with van der Waals surface area (Å²) in [6.07, 6.45) is 0. The van der Waals surface area contributed by atoms with E-state index in [1.54, 1.807) is 7.11 Å². The summed E-state index contributed by atoms with van der Waals surface area (Å²) >= 11 is 0. The van der Waals surface area contributed by atoms with Gasteiger partial charge in [0.25, 0.3) is 0 Å². The van der Waals surface area contributed by atoms with E-state index in [4.69, 9.17) is 9.84 Å². The molecule has 0 bridgehead atoms. The molecular formula is C7H13N3O2. The van der Waals surface area contributed by atoms with Crippen molar-refractivity contribution in [1.29, 1.82) is 0 Å². The fourth-order valence-corrected chi connectivity index (χ4v) is 1.09. The Kier molecular flexibility index (Phi) is 3.19. The minimum Gasteiger partial charge on any atom is -0.388 e. The monoisotopic (exact) mass is 171 g/mol. The van der Waals surface area contributed by atoms with E-state index in [0.717, 1.165) is 12.4 Å². The molecule has 1 N–H and O–H groups in total. The van der Waals surface area contributed by atoms with Gasteiger partial charge in [0.15, 0.2) is 11.6 Å². The third-order valence-electron chi connectivity index (χ3n) is 1.64. The second-order valence-corrected chi connectivity index (χ2v) is 2.37. The molecule has 0 atom stereocenters. The number of nitrogens with zero attached hydrogens (tertiary/aromatic N) is 3. The van der Waals surface area contributed by atoms with E-state index < -0.39 is 0 Å². The summed E-state index contributed by atoms with van der Waals surface area (Å²) in [5.41, 5.74) is 0. The molecule has 0 saturated heterocycles. The molecule has 0 spiro atoms. The lowest BCUT2D eigenvalue weighted by Crippen LogP contribution is -2.06. The molecule has 0 unspecified atom stereocenters. The number of hydrogen-bond acceptors (Lipinski definition) is 4. The van der Waals surface area contributed by atoms with Crippen LogP contribution in [0.3, 0.4) is 0 Å². The van der Waals surface area contributed by atoms with Gasteiger partial charge in [0.2, 0.25) is 0 Å². The first-order valence-electron chi connectivity index (χ1n) is 3.84. The molecule has 0 amide bonds. The maximum absolute atomic E-state index is 8.87. The highest BCUT2D eigenvalue weighted by molar-refractivity contribution is 4.93. The van der Waals surface area contributed by atoms with Crippen molar-refractivity contribution in [3.63, 3.8) is 0 Å². The summed E-state index contributed by atoms with van der Waals surface area (Å²) in [6, 6.07) is 0. The van der Waals surface area contributed by atoms with Crippen molar-refractivity contribution in [3.8, 4) is 0 Å². The Morgan fingerprint density at radius 1 is 1.42 bits per heavy atom. The van der Waals surface area contributed by atoms with Gasteiger partial charge in [0, 0.05) is 13.7 Å². The van der Waals surface area contributed by atoms with Crippen LogP contribution in [0.25, 0.3) is 0 Å². The van der Waals surface area contributed by atoms with Crippen molar-refractivity contribution in [1.82, 2.24) is 14.8 Å². The first-order chi connectivity index (χ1) is 5.83. The van der Waals surface area contributed by atoms with Crippen LogP contribution in [0.5, 0.6) is 0 Å². The second-order valence-electron chi connectivity index (χ2n) is 2.37. The van der Waals surface area contributed by atoms with Crippen molar-refractivity contribution in [3.05, 3.63) is 11.6 Å². The summed E-state index contributed by atoms with van der Waals surface area (Å²) in [5, 5.41) is 16.5. The number of aliphatic hydroxyl groups excluding tert-OH is 1. The molecule has 5 nitrogen and oxygen atoms in total. The topological polar surface area (TPSA) is 60.2 Å². The zero-order valence-electron chi connectivity index (χ0n) is 7.32. The minimum atomic E-state index is -0.0788. The zero-order chi connectivity index (χ0) is 8.97. The Hall–Kier alpha value is -0.940. The highest BCUT2D eigenvalue weighted by Crippen LogP contribution is 2.02. The van der Waals surface area contributed by atoms with Crippen LogP contribution in [0.1, 0.15) is 18.6 Å². The predicted octanol–water partition coefficient (Wildman–Crippen LogP) is -0.0633. The van der Waals surface area contributed by atoms with Gasteiger partial charge in [-0.25, -0.2) is 0 Å². The number of methoxy groups -OCH3 is 1. The molecule has 1 aromatic rings. The lowest BCUT2D eigenvalue weighted by atomic mass is 10.5. The standard InChI is InChI=1S/C7H13N3O2/c1-3-10-6(4-11)8-9-7(10)5-12-2/h11H,3-5H2,1-2H3.